The van der Waals surface area contributed by atoms with Crippen LogP contribution < -0.4 is 4.72 Å². The lowest BCUT2D eigenvalue weighted by Gasteiger charge is -2.13. The van der Waals surface area contributed by atoms with E-state index >= 15 is 0 Å². The normalized spacial score (nSPS) is 14.3. The van der Waals surface area contributed by atoms with Crippen LogP contribution in [-0.4, -0.2) is 34.4 Å². The summed E-state index contributed by atoms with van der Waals surface area (Å²) >= 11 is 0. The van der Waals surface area contributed by atoms with E-state index < -0.39 is 10.0 Å². The van der Waals surface area contributed by atoms with Gasteiger partial charge in [-0.1, -0.05) is 36.4 Å². The van der Waals surface area contributed by atoms with Crippen molar-refractivity contribution in [2.24, 2.45) is 5.92 Å². The molecule has 0 spiro atoms. The number of benzene rings is 2. The highest BCUT2D eigenvalue weighted by atomic mass is 32.2. The Hall–Kier alpha value is -2.74. The Bertz CT molecular complexity index is 977. The molecule has 2 aromatic carbocycles. The maximum Gasteiger partial charge on any atom is 0.232 e. The summed E-state index contributed by atoms with van der Waals surface area (Å²) in [6, 6.07) is 15.4. The molecule has 0 atom stereocenters. The third-order valence-electron chi connectivity index (χ3n) is 4.70. The van der Waals surface area contributed by atoms with E-state index in [9.17, 15) is 8.42 Å². The number of fused-ring (bicyclic) bond motifs is 1. The van der Waals surface area contributed by atoms with Crippen LogP contribution in [0.5, 0.6) is 0 Å². The molecule has 1 aliphatic rings. The molecule has 0 bridgehead atoms. The first-order chi connectivity index (χ1) is 12.6. The SMILES string of the molecule is O=S(=O)(CCC1Cc2ccccc2C1)Nc1ccccc1-n1cnnn1. The Morgan fingerprint density at radius 2 is 1.73 bits per heavy atom. The van der Waals surface area contributed by atoms with Gasteiger partial charge in [0.05, 0.1) is 17.1 Å². The van der Waals surface area contributed by atoms with Crippen molar-refractivity contribution in [3.05, 3.63) is 66.0 Å². The highest BCUT2D eigenvalue weighted by molar-refractivity contribution is 7.92. The third-order valence-corrected chi connectivity index (χ3v) is 6.00. The van der Waals surface area contributed by atoms with Crippen molar-refractivity contribution in [3.8, 4) is 5.69 Å². The molecule has 4 rings (SSSR count). The molecule has 0 radical (unpaired) electrons. The zero-order valence-corrected chi connectivity index (χ0v) is 14.9. The van der Waals surface area contributed by atoms with Gasteiger partial charge in [0.15, 0.2) is 0 Å². The topological polar surface area (TPSA) is 89.8 Å². The number of hydrogen-bond donors (Lipinski definition) is 1. The minimum absolute atomic E-state index is 0.0929. The van der Waals surface area contributed by atoms with Gasteiger partial charge in [0.1, 0.15) is 6.33 Å². The number of anilines is 1. The Labute approximate surface area is 152 Å². The number of para-hydroxylation sites is 2. The molecule has 0 aliphatic heterocycles. The number of nitrogens with one attached hydrogen (secondary N) is 1. The summed E-state index contributed by atoms with van der Waals surface area (Å²) in [6.45, 7) is 0. The minimum atomic E-state index is -3.45. The first-order valence-corrected chi connectivity index (χ1v) is 10.2. The first kappa shape index (κ1) is 16.7. The van der Waals surface area contributed by atoms with E-state index in [1.807, 2.05) is 18.2 Å². The first-order valence-electron chi connectivity index (χ1n) is 8.50. The van der Waals surface area contributed by atoms with E-state index in [0.717, 1.165) is 12.8 Å². The van der Waals surface area contributed by atoms with Crippen molar-refractivity contribution < 1.29 is 8.42 Å². The van der Waals surface area contributed by atoms with Crippen molar-refractivity contribution in [2.45, 2.75) is 19.3 Å². The second-order valence-corrected chi connectivity index (χ2v) is 8.37. The van der Waals surface area contributed by atoms with Crippen LogP contribution in [-0.2, 0) is 22.9 Å². The predicted molar refractivity (Wildman–Crippen MR) is 98.5 cm³/mol. The summed E-state index contributed by atoms with van der Waals surface area (Å²) in [5, 5.41) is 11.0. The minimum Gasteiger partial charge on any atom is -0.281 e. The van der Waals surface area contributed by atoms with Gasteiger partial charge in [0.2, 0.25) is 10.0 Å². The third kappa shape index (κ3) is 3.60. The fourth-order valence-electron chi connectivity index (χ4n) is 3.43. The van der Waals surface area contributed by atoms with Crippen LogP contribution in [0.2, 0.25) is 0 Å². The van der Waals surface area contributed by atoms with Crippen molar-refractivity contribution in [2.75, 3.05) is 10.5 Å². The average Bonchev–Trinajstić information content (AvgIpc) is 3.29. The van der Waals surface area contributed by atoms with Gasteiger partial charge < -0.3 is 0 Å². The Morgan fingerprint density at radius 1 is 1.04 bits per heavy atom. The van der Waals surface area contributed by atoms with Crippen LogP contribution in [0.15, 0.2) is 54.9 Å². The molecule has 26 heavy (non-hydrogen) atoms. The van der Waals surface area contributed by atoms with Crippen LogP contribution in [0.4, 0.5) is 5.69 Å². The van der Waals surface area contributed by atoms with Gasteiger partial charge in [0, 0.05) is 0 Å². The summed E-state index contributed by atoms with van der Waals surface area (Å²) < 4.78 is 29.3. The Balaban J connectivity index is 1.43. The summed E-state index contributed by atoms with van der Waals surface area (Å²) in [5.41, 5.74) is 3.74. The van der Waals surface area contributed by atoms with Crippen LogP contribution in [0.3, 0.4) is 0 Å². The van der Waals surface area contributed by atoms with Crippen molar-refractivity contribution in [1.29, 1.82) is 0 Å². The number of rotatable bonds is 6. The molecule has 0 unspecified atom stereocenters. The molecule has 8 heteroatoms. The zero-order chi connectivity index (χ0) is 18.0. The quantitative estimate of drug-likeness (QED) is 0.719. The van der Waals surface area contributed by atoms with Crippen LogP contribution in [0.1, 0.15) is 17.5 Å². The maximum absolute atomic E-state index is 12.6. The summed E-state index contributed by atoms with van der Waals surface area (Å²) in [7, 11) is -3.45. The molecule has 1 N–H and O–H groups in total. The van der Waals surface area contributed by atoms with Crippen LogP contribution in [0.25, 0.3) is 5.69 Å². The fourth-order valence-corrected chi connectivity index (χ4v) is 4.68. The van der Waals surface area contributed by atoms with E-state index in [1.165, 1.54) is 22.1 Å². The van der Waals surface area contributed by atoms with Crippen LogP contribution in [0, 0.1) is 5.92 Å². The van der Waals surface area contributed by atoms with Gasteiger partial charge in [-0.15, -0.1) is 5.10 Å². The zero-order valence-electron chi connectivity index (χ0n) is 14.1. The van der Waals surface area contributed by atoms with Crippen molar-refractivity contribution in [1.82, 2.24) is 20.2 Å². The number of hydrogen-bond acceptors (Lipinski definition) is 5. The van der Waals surface area contributed by atoms with Crippen LogP contribution >= 0.6 is 0 Å². The molecular formula is C18H19N5O2S. The highest BCUT2D eigenvalue weighted by Crippen LogP contribution is 2.29. The average molecular weight is 369 g/mol. The molecule has 0 fully saturated rings. The fraction of sp³-hybridized carbons (Fsp3) is 0.278. The lowest BCUT2D eigenvalue weighted by atomic mass is 10.0. The smallest absolute Gasteiger partial charge is 0.232 e. The molecule has 0 saturated heterocycles. The molecule has 3 aromatic rings. The molecule has 134 valence electrons. The lowest BCUT2D eigenvalue weighted by Crippen LogP contribution is -2.20. The van der Waals surface area contributed by atoms with Gasteiger partial charge in [-0.25, -0.2) is 8.42 Å². The van der Waals surface area contributed by atoms with Crippen molar-refractivity contribution in [3.63, 3.8) is 0 Å². The largest absolute Gasteiger partial charge is 0.281 e. The standard InChI is InChI=1S/C18H19N5O2S/c24-26(25,10-9-14-11-15-5-1-2-6-16(15)12-14)20-17-7-3-4-8-18(17)23-13-19-21-22-23/h1-8,13-14,20H,9-12H2. The van der Waals surface area contributed by atoms with E-state index in [-0.39, 0.29) is 5.75 Å². The summed E-state index contributed by atoms with van der Waals surface area (Å²) in [5.74, 6) is 0.467. The van der Waals surface area contributed by atoms with Gasteiger partial charge in [-0.2, -0.15) is 4.68 Å². The number of aromatic nitrogens is 4. The molecule has 7 nitrogen and oxygen atoms in total. The molecule has 0 saturated carbocycles. The van der Waals surface area contributed by atoms with Gasteiger partial charge in [0.25, 0.3) is 0 Å². The second kappa shape index (κ2) is 6.87. The summed E-state index contributed by atoms with van der Waals surface area (Å²) in [4.78, 5) is 0. The monoisotopic (exact) mass is 369 g/mol. The molecule has 0 amide bonds. The predicted octanol–water partition coefficient (Wildman–Crippen LogP) is 2.21. The molecular weight excluding hydrogens is 350 g/mol. The molecule has 1 aliphatic carbocycles. The molecule has 1 heterocycles. The second-order valence-electron chi connectivity index (χ2n) is 6.52. The number of sulfonamides is 1. The van der Waals surface area contributed by atoms with E-state index in [1.54, 1.807) is 18.2 Å². The molecule has 1 aromatic heterocycles. The van der Waals surface area contributed by atoms with Gasteiger partial charge in [-0.3, -0.25) is 4.72 Å². The number of tetrazole rings is 1. The lowest BCUT2D eigenvalue weighted by molar-refractivity contribution is 0.532. The van der Waals surface area contributed by atoms with Crippen molar-refractivity contribution >= 4 is 15.7 Å². The van der Waals surface area contributed by atoms with Gasteiger partial charge >= 0.3 is 0 Å². The Morgan fingerprint density at radius 3 is 2.42 bits per heavy atom. The van der Waals surface area contributed by atoms with E-state index in [0.29, 0.717) is 23.7 Å². The summed E-state index contributed by atoms with van der Waals surface area (Å²) in [6.07, 6.45) is 3.97. The highest BCUT2D eigenvalue weighted by Gasteiger charge is 2.23. The van der Waals surface area contributed by atoms with Gasteiger partial charge in [-0.05, 0) is 58.9 Å². The maximum atomic E-state index is 12.6. The van der Waals surface area contributed by atoms with E-state index in [4.69, 9.17) is 0 Å². The number of nitrogens with zero attached hydrogens (tertiary/aromatic N) is 4. The Kier molecular flexibility index (Phi) is 4.42. The van der Waals surface area contributed by atoms with E-state index in [2.05, 4.69) is 32.4 Å².